The number of likely N-dealkylation sites (N-methyl/N-ethyl adjacent to an activating group) is 1. The molecular formula is C22H21FN2O5. The number of nitrogens with one attached hydrogen (secondary N) is 1. The molecule has 4 rings (SSSR count). The fraction of sp³-hybridized carbons (Fsp3) is 0.318. The summed E-state index contributed by atoms with van der Waals surface area (Å²) in [6, 6.07) is 10.8. The zero-order valence-electron chi connectivity index (χ0n) is 16.8. The monoisotopic (exact) mass is 412 g/mol. The highest BCUT2D eigenvalue weighted by Crippen LogP contribution is 2.60. The van der Waals surface area contributed by atoms with Gasteiger partial charge in [-0.15, -0.1) is 0 Å². The topological polar surface area (TPSA) is 84.9 Å². The van der Waals surface area contributed by atoms with E-state index in [9.17, 15) is 18.8 Å². The zero-order chi connectivity index (χ0) is 21.7. The number of benzene rings is 2. The molecule has 0 bridgehead atoms. The molecule has 1 spiro atoms. The van der Waals surface area contributed by atoms with Crippen LogP contribution >= 0.6 is 0 Å². The highest BCUT2D eigenvalue weighted by Gasteiger charge is 2.76. The number of para-hydroxylation sites is 2. The van der Waals surface area contributed by atoms with Crippen molar-refractivity contribution in [3.8, 4) is 0 Å². The molecular weight excluding hydrogens is 391 g/mol. The first-order valence-corrected chi connectivity index (χ1v) is 9.67. The van der Waals surface area contributed by atoms with Crippen molar-refractivity contribution in [2.24, 2.45) is 0 Å². The Kier molecular flexibility index (Phi) is 4.52. The van der Waals surface area contributed by atoms with Gasteiger partial charge in [-0.1, -0.05) is 30.3 Å². The Morgan fingerprint density at radius 3 is 2.23 bits per heavy atom. The van der Waals surface area contributed by atoms with E-state index in [0.29, 0.717) is 11.3 Å². The highest BCUT2D eigenvalue weighted by atomic mass is 19.1. The third kappa shape index (κ3) is 2.16. The molecule has 2 heterocycles. The highest BCUT2D eigenvalue weighted by molar-refractivity contribution is 6.23. The van der Waals surface area contributed by atoms with Gasteiger partial charge < -0.3 is 19.7 Å². The molecule has 0 unspecified atom stereocenters. The molecule has 2 aliphatic rings. The fourth-order valence-corrected chi connectivity index (χ4v) is 4.58. The second kappa shape index (κ2) is 6.83. The molecule has 1 atom stereocenters. The van der Waals surface area contributed by atoms with Crippen molar-refractivity contribution in [1.29, 1.82) is 0 Å². The summed E-state index contributed by atoms with van der Waals surface area (Å²) >= 11 is 0. The normalized spacial score (nSPS) is 20.5. The number of hydrogen-bond donors (Lipinski definition) is 1. The van der Waals surface area contributed by atoms with Crippen molar-refractivity contribution < 1.29 is 28.2 Å². The summed E-state index contributed by atoms with van der Waals surface area (Å²) in [5.41, 5.74) is -3.42. The van der Waals surface area contributed by atoms with Gasteiger partial charge in [-0.05, 0) is 26.0 Å². The summed E-state index contributed by atoms with van der Waals surface area (Å²) in [6.07, 6.45) is 0. The lowest BCUT2D eigenvalue weighted by Crippen LogP contribution is -2.64. The Morgan fingerprint density at radius 2 is 1.60 bits per heavy atom. The van der Waals surface area contributed by atoms with Crippen molar-refractivity contribution >= 4 is 29.2 Å². The number of anilines is 2. The largest absolute Gasteiger partial charge is 0.465 e. The van der Waals surface area contributed by atoms with E-state index in [2.05, 4.69) is 5.32 Å². The number of esters is 2. The molecule has 1 amide bonds. The second-order valence-corrected chi connectivity index (χ2v) is 7.11. The first kappa shape index (κ1) is 19.9. The molecule has 2 aromatic carbocycles. The van der Waals surface area contributed by atoms with Crippen molar-refractivity contribution in [2.45, 2.75) is 24.8 Å². The molecule has 0 aliphatic carbocycles. The molecule has 2 aliphatic heterocycles. The Balaban J connectivity index is 2.16. The maximum atomic E-state index is 14.9. The number of hydrogen-bond acceptors (Lipinski definition) is 6. The van der Waals surface area contributed by atoms with E-state index in [-0.39, 0.29) is 24.5 Å². The van der Waals surface area contributed by atoms with Gasteiger partial charge in [-0.3, -0.25) is 14.4 Å². The summed E-state index contributed by atoms with van der Waals surface area (Å²) in [4.78, 5) is 42.1. The third-order valence-corrected chi connectivity index (χ3v) is 5.75. The number of nitrogens with zero attached hydrogens (tertiary/aromatic N) is 1. The number of carbonyl (C=O) groups is 3. The van der Waals surface area contributed by atoms with Gasteiger partial charge in [-0.25, -0.2) is 4.39 Å². The lowest BCUT2D eigenvalue weighted by Gasteiger charge is -2.38. The van der Waals surface area contributed by atoms with Gasteiger partial charge in [0.05, 0.1) is 18.9 Å². The van der Waals surface area contributed by atoms with Gasteiger partial charge in [0.1, 0.15) is 5.82 Å². The van der Waals surface area contributed by atoms with Gasteiger partial charge >= 0.3 is 11.9 Å². The van der Waals surface area contributed by atoms with Crippen molar-refractivity contribution in [3.05, 3.63) is 59.4 Å². The van der Waals surface area contributed by atoms with Crippen LogP contribution in [0.3, 0.4) is 0 Å². The van der Waals surface area contributed by atoms with E-state index in [1.807, 2.05) is 0 Å². The van der Waals surface area contributed by atoms with Crippen LogP contribution in [-0.4, -0.2) is 38.1 Å². The van der Waals surface area contributed by atoms with Crippen LogP contribution in [0.4, 0.5) is 15.8 Å². The van der Waals surface area contributed by atoms with E-state index in [1.54, 1.807) is 38.1 Å². The van der Waals surface area contributed by atoms with Crippen LogP contribution in [0.2, 0.25) is 0 Å². The summed E-state index contributed by atoms with van der Waals surface area (Å²) in [5.74, 6) is -3.22. The van der Waals surface area contributed by atoms with Gasteiger partial charge in [0.15, 0.2) is 5.54 Å². The van der Waals surface area contributed by atoms with Crippen molar-refractivity contribution in [2.75, 3.05) is 30.5 Å². The standard InChI is InChI=1S/C22H21FN2O5/c1-4-29-19(27)21(20(28)30-5-2)14-10-8-11-15(23)17(14)24-22(21)13-9-6-7-12-16(13)25(3)18(22)26/h6-12,24H,4-5H2,1-3H3/t22-/m0/s1. The average molecular weight is 412 g/mol. The number of carbonyl (C=O) groups excluding carboxylic acids is 3. The SMILES string of the molecule is CCOC(=O)C1(C(=O)OCC)c2cccc(F)c2N[C@@]12C(=O)N(C)c1ccccc12. The molecule has 7 nitrogen and oxygen atoms in total. The Labute approximate surface area is 172 Å². The van der Waals surface area contributed by atoms with Gasteiger partial charge in [0, 0.05) is 23.9 Å². The molecule has 0 radical (unpaired) electrons. The first-order chi connectivity index (χ1) is 14.4. The van der Waals surface area contributed by atoms with Crippen LogP contribution in [0.25, 0.3) is 0 Å². The molecule has 1 N–H and O–H groups in total. The lowest BCUT2D eigenvalue weighted by molar-refractivity contribution is -0.170. The molecule has 30 heavy (non-hydrogen) atoms. The van der Waals surface area contributed by atoms with Crippen molar-refractivity contribution in [3.63, 3.8) is 0 Å². The molecule has 2 aromatic rings. The predicted molar refractivity (Wildman–Crippen MR) is 106 cm³/mol. The van der Waals surface area contributed by atoms with Gasteiger partial charge in [0.25, 0.3) is 5.91 Å². The summed E-state index contributed by atoms with van der Waals surface area (Å²) in [6.45, 7) is 3.11. The van der Waals surface area contributed by atoms with Crippen LogP contribution < -0.4 is 10.2 Å². The van der Waals surface area contributed by atoms with E-state index in [0.717, 1.165) is 0 Å². The van der Waals surface area contributed by atoms with E-state index in [1.165, 1.54) is 30.1 Å². The number of rotatable bonds is 4. The summed E-state index contributed by atoms with van der Waals surface area (Å²) < 4.78 is 25.5. The number of ether oxygens (including phenoxy) is 2. The van der Waals surface area contributed by atoms with E-state index < -0.39 is 34.6 Å². The third-order valence-electron chi connectivity index (χ3n) is 5.75. The van der Waals surface area contributed by atoms with Crippen LogP contribution in [0, 0.1) is 5.82 Å². The predicted octanol–water partition coefficient (Wildman–Crippen LogP) is 2.49. The summed E-state index contributed by atoms with van der Waals surface area (Å²) in [5, 5.41) is 2.92. The Morgan fingerprint density at radius 1 is 1.00 bits per heavy atom. The van der Waals surface area contributed by atoms with Crippen LogP contribution in [0.5, 0.6) is 0 Å². The van der Waals surface area contributed by atoms with Crippen LogP contribution in [0.1, 0.15) is 25.0 Å². The number of halogens is 1. The molecule has 8 heteroatoms. The van der Waals surface area contributed by atoms with Gasteiger partial charge in [0.2, 0.25) is 5.41 Å². The summed E-state index contributed by atoms with van der Waals surface area (Å²) in [7, 11) is 1.54. The molecule has 0 saturated heterocycles. The Hall–Kier alpha value is -3.42. The number of fused-ring (bicyclic) bond motifs is 3. The number of amides is 1. The fourth-order valence-electron chi connectivity index (χ4n) is 4.58. The molecule has 0 aromatic heterocycles. The molecule has 0 fully saturated rings. The van der Waals surface area contributed by atoms with Gasteiger partial charge in [-0.2, -0.15) is 0 Å². The van der Waals surface area contributed by atoms with Crippen LogP contribution in [-0.2, 0) is 34.8 Å². The minimum atomic E-state index is -2.26. The van der Waals surface area contributed by atoms with E-state index >= 15 is 0 Å². The smallest absolute Gasteiger partial charge is 0.331 e. The lowest BCUT2D eigenvalue weighted by atomic mass is 9.64. The van der Waals surface area contributed by atoms with E-state index in [4.69, 9.17) is 9.47 Å². The first-order valence-electron chi connectivity index (χ1n) is 9.67. The Bertz CT molecular complexity index is 1050. The maximum Gasteiger partial charge on any atom is 0.331 e. The maximum absolute atomic E-state index is 14.9. The second-order valence-electron chi connectivity index (χ2n) is 7.11. The zero-order valence-corrected chi connectivity index (χ0v) is 16.8. The average Bonchev–Trinajstić information content (AvgIpc) is 3.17. The minimum absolute atomic E-state index is 0.0119. The van der Waals surface area contributed by atoms with Crippen LogP contribution in [0.15, 0.2) is 42.5 Å². The quantitative estimate of drug-likeness (QED) is 0.614. The minimum Gasteiger partial charge on any atom is -0.465 e. The molecule has 156 valence electrons. The van der Waals surface area contributed by atoms with Crippen molar-refractivity contribution in [1.82, 2.24) is 0 Å². The molecule has 0 saturated carbocycles.